The molecule has 0 radical (unpaired) electrons. The summed E-state index contributed by atoms with van der Waals surface area (Å²) in [6, 6.07) is 15.4. The zero-order valence-corrected chi connectivity index (χ0v) is 25.3. The van der Waals surface area contributed by atoms with E-state index in [1.165, 1.54) is 0 Å². The molecular formula is C32H48ClNO4. The van der Waals surface area contributed by atoms with Crippen molar-refractivity contribution in [2.45, 2.75) is 73.6 Å². The monoisotopic (exact) mass is 545 g/mol. The van der Waals surface area contributed by atoms with Gasteiger partial charge in [0.1, 0.15) is 5.75 Å². The van der Waals surface area contributed by atoms with Gasteiger partial charge in [-0.05, 0) is 63.8 Å². The fourth-order valence-electron chi connectivity index (χ4n) is 3.72. The van der Waals surface area contributed by atoms with Gasteiger partial charge in [-0.3, -0.25) is 4.79 Å². The van der Waals surface area contributed by atoms with Gasteiger partial charge in [-0.15, -0.1) is 6.58 Å². The van der Waals surface area contributed by atoms with Gasteiger partial charge in [-0.1, -0.05) is 81.3 Å². The first kappa shape index (κ1) is 35.4. The fourth-order valence-corrected chi connectivity index (χ4v) is 3.72. The third-order valence-electron chi connectivity index (χ3n) is 6.03. The third-order valence-corrected chi connectivity index (χ3v) is 6.25. The van der Waals surface area contributed by atoms with Crippen LogP contribution >= 0.6 is 11.6 Å². The molecule has 0 aromatic heterocycles. The van der Waals surface area contributed by atoms with Crippen molar-refractivity contribution in [1.82, 2.24) is 4.90 Å². The van der Waals surface area contributed by atoms with E-state index in [1.54, 1.807) is 18.1 Å². The number of hydrogen-bond acceptors (Lipinski definition) is 4. The lowest BCUT2D eigenvalue weighted by atomic mass is 10.0. The molecule has 2 unspecified atom stereocenters. The van der Waals surface area contributed by atoms with Gasteiger partial charge in [-0.2, -0.15) is 0 Å². The van der Waals surface area contributed by atoms with E-state index in [2.05, 4.69) is 13.5 Å². The second-order valence-corrected chi connectivity index (χ2v) is 9.25. The highest BCUT2D eigenvalue weighted by molar-refractivity contribution is 6.29. The van der Waals surface area contributed by atoms with Gasteiger partial charge in [0.2, 0.25) is 0 Å². The molecule has 2 aromatic rings. The summed E-state index contributed by atoms with van der Waals surface area (Å²) >= 11 is 5.32. The van der Waals surface area contributed by atoms with E-state index < -0.39 is 5.72 Å². The van der Waals surface area contributed by atoms with Gasteiger partial charge in [0, 0.05) is 29.3 Å². The van der Waals surface area contributed by atoms with E-state index in [0.717, 1.165) is 28.3 Å². The molecule has 2 atom stereocenters. The van der Waals surface area contributed by atoms with Gasteiger partial charge in [0.05, 0.1) is 13.7 Å². The zero-order chi connectivity index (χ0) is 29.1. The number of ether oxygens (including phenoxy) is 2. The van der Waals surface area contributed by atoms with Crippen LogP contribution < -0.4 is 4.74 Å². The molecule has 0 spiro atoms. The number of carbonyl (C=O) groups excluding carboxylic acids is 1. The van der Waals surface area contributed by atoms with Crippen molar-refractivity contribution in [1.29, 1.82) is 0 Å². The molecule has 0 saturated heterocycles. The van der Waals surface area contributed by atoms with Crippen LogP contribution in [0.5, 0.6) is 5.75 Å². The molecule has 1 aliphatic rings. The van der Waals surface area contributed by atoms with Crippen LogP contribution in [0.4, 0.5) is 0 Å². The summed E-state index contributed by atoms with van der Waals surface area (Å²) in [6.45, 7) is 18.1. The predicted octanol–water partition coefficient (Wildman–Crippen LogP) is 8.32. The van der Waals surface area contributed by atoms with Gasteiger partial charge in [-0.25, -0.2) is 0 Å². The number of allylic oxidation sites excluding steroid dienone is 3. The number of nitrogens with zero attached hydrogens (tertiary/aromatic N) is 1. The number of fused-ring (bicyclic) bond motifs is 1. The minimum absolute atomic E-state index is 0.0240. The number of carbonyl (C=O) groups is 1. The third kappa shape index (κ3) is 10.6. The van der Waals surface area contributed by atoms with Gasteiger partial charge >= 0.3 is 0 Å². The van der Waals surface area contributed by atoms with E-state index in [9.17, 15) is 9.90 Å². The maximum Gasteiger partial charge on any atom is 0.257 e. The normalized spacial score (nSPS) is 16.5. The fraction of sp³-hybridized carbons (Fsp3) is 0.469. The summed E-state index contributed by atoms with van der Waals surface area (Å²) in [7, 11) is 1.64. The number of aliphatic hydroxyl groups excluding tert-OH is 1. The van der Waals surface area contributed by atoms with Crippen LogP contribution in [0.2, 0.25) is 0 Å². The summed E-state index contributed by atoms with van der Waals surface area (Å²) in [5.74, 6) is 1.02. The largest absolute Gasteiger partial charge is 0.497 e. The van der Waals surface area contributed by atoms with Crippen LogP contribution in [0.15, 0.2) is 72.3 Å². The lowest BCUT2D eigenvalue weighted by Gasteiger charge is -2.37. The van der Waals surface area contributed by atoms with Crippen molar-refractivity contribution >= 4 is 17.5 Å². The minimum atomic E-state index is -0.837. The number of benzene rings is 2. The topological polar surface area (TPSA) is 59.0 Å². The van der Waals surface area contributed by atoms with Crippen LogP contribution in [0.25, 0.3) is 0 Å². The molecule has 38 heavy (non-hydrogen) atoms. The van der Waals surface area contributed by atoms with E-state index in [-0.39, 0.29) is 18.4 Å². The van der Waals surface area contributed by atoms with E-state index in [0.29, 0.717) is 25.1 Å². The molecule has 0 fully saturated rings. The van der Waals surface area contributed by atoms with Crippen molar-refractivity contribution < 1.29 is 19.4 Å². The first-order chi connectivity index (χ1) is 18.2. The molecule has 5 nitrogen and oxygen atoms in total. The first-order valence-electron chi connectivity index (χ1n) is 13.4. The molecule has 0 aliphatic carbocycles. The van der Waals surface area contributed by atoms with Crippen molar-refractivity contribution in [3.05, 3.63) is 89.0 Å². The first-order valence-corrected chi connectivity index (χ1v) is 13.7. The number of methoxy groups -OCH3 is 1. The number of rotatable bonds is 9. The number of hydrogen-bond donors (Lipinski definition) is 1. The zero-order valence-electron chi connectivity index (χ0n) is 24.6. The molecule has 1 N–H and O–H groups in total. The highest BCUT2D eigenvalue weighted by atomic mass is 35.5. The van der Waals surface area contributed by atoms with Gasteiger partial charge in [0.15, 0.2) is 5.72 Å². The molecule has 3 rings (SSSR count). The van der Waals surface area contributed by atoms with Gasteiger partial charge in [0.25, 0.3) is 5.91 Å². The SMILES string of the molecule is C/C=C(\C)Cl.C=CC.CC.CCC(CCO)COC1(C)c2ccccc2C(=O)N1Cc1ccc(OC)cc1. The molecule has 1 aliphatic heterocycles. The second-order valence-electron chi connectivity index (χ2n) is 8.65. The molecule has 1 amide bonds. The Bertz CT molecular complexity index is 970. The average molecular weight is 546 g/mol. The molecule has 2 aromatic carbocycles. The summed E-state index contributed by atoms with van der Waals surface area (Å²) < 4.78 is 11.6. The Morgan fingerprint density at radius 3 is 2.18 bits per heavy atom. The smallest absolute Gasteiger partial charge is 0.257 e. The van der Waals surface area contributed by atoms with Crippen LogP contribution in [0, 0.1) is 5.92 Å². The van der Waals surface area contributed by atoms with Crippen molar-refractivity contribution in [3.63, 3.8) is 0 Å². The van der Waals surface area contributed by atoms with E-state index >= 15 is 0 Å². The lowest BCUT2D eigenvalue weighted by Crippen LogP contribution is -2.44. The number of aliphatic hydroxyl groups is 1. The highest BCUT2D eigenvalue weighted by Crippen LogP contribution is 2.41. The average Bonchev–Trinajstić information content (AvgIpc) is 3.15. The molecule has 0 saturated carbocycles. The van der Waals surface area contributed by atoms with E-state index in [1.807, 2.05) is 96.1 Å². The lowest BCUT2D eigenvalue weighted by molar-refractivity contribution is -0.139. The Morgan fingerprint density at radius 1 is 1.16 bits per heavy atom. The standard InChI is InChI=1S/C23H29NO4.C4H7Cl.C3H6.C2H6/c1-4-17(13-14-25)16-28-23(2)21-8-6-5-7-20(21)22(26)24(23)15-18-9-11-19(27-3)12-10-18;1-3-4(2)5;1-3-2;1-2/h5-12,17,25H,4,13-16H2,1-3H3;3H,1-2H3;3H,1H2,2H3;1-2H3/b;4-3+;;. The van der Waals surface area contributed by atoms with Crippen LogP contribution in [0.3, 0.4) is 0 Å². The molecule has 1 heterocycles. The maximum atomic E-state index is 13.2. The summed E-state index contributed by atoms with van der Waals surface area (Å²) in [6.07, 6.45) is 5.22. The molecule has 212 valence electrons. The van der Waals surface area contributed by atoms with Gasteiger partial charge < -0.3 is 19.5 Å². The quantitative estimate of drug-likeness (QED) is 0.322. The molecule has 0 bridgehead atoms. The Hall–Kier alpha value is -2.60. The highest BCUT2D eigenvalue weighted by Gasteiger charge is 2.47. The van der Waals surface area contributed by atoms with Crippen molar-refractivity contribution in [3.8, 4) is 5.75 Å². The van der Waals surface area contributed by atoms with Crippen LogP contribution in [-0.4, -0.2) is 36.2 Å². The van der Waals surface area contributed by atoms with Crippen molar-refractivity contribution in [2.75, 3.05) is 20.3 Å². The van der Waals surface area contributed by atoms with Crippen LogP contribution in [-0.2, 0) is 17.0 Å². The maximum absolute atomic E-state index is 13.2. The second kappa shape index (κ2) is 19.5. The Kier molecular flexibility index (Phi) is 18.1. The summed E-state index contributed by atoms with van der Waals surface area (Å²) in [4.78, 5) is 15.0. The molecular weight excluding hydrogens is 498 g/mol. The minimum Gasteiger partial charge on any atom is -0.497 e. The number of amides is 1. The molecule has 6 heteroatoms. The van der Waals surface area contributed by atoms with E-state index in [4.69, 9.17) is 21.1 Å². The van der Waals surface area contributed by atoms with Crippen LogP contribution in [0.1, 0.15) is 82.8 Å². The van der Waals surface area contributed by atoms with Crippen molar-refractivity contribution in [2.24, 2.45) is 5.92 Å². The summed E-state index contributed by atoms with van der Waals surface area (Å²) in [5.41, 5.74) is 1.76. The Labute approximate surface area is 236 Å². The number of halogens is 1. The predicted molar refractivity (Wildman–Crippen MR) is 161 cm³/mol. The summed E-state index contributed by atoms with van der Waals surface area (Å²) in [5, 5.41) is 10.1. The Balaban J connectivity index is 0.00000119. The Morgan fingerprint density at radius 2 is 1.71 bits per heavy atom.